The lowest BCUT2D eigenvalue weighted by Crippen LogP contribution is -2.36. The first-order valence-electron chi connectivity index (χ1n) is 6.40. The van der Waals surface area contributed by atoms with Gasteiger partial charge in [0.2, 0.25) is 0 Å². The van der Waals surface area contributed by atoms with Crippen molar-refractivity contribution in [2.45, 2.75) is 38.0 Å². The van der Waals surface area contributed by atoms with Crippen molar-refractivity contribution in [3.05, 3.63) is 24.3 Å². The van der Waals surface area contributed by atoms with Gasteiger partial charge in [-0.05, 0) is 31.9 Å². The molecule has 0 bridgehead atoms. The number of aliphatic hydroxyl groups is 1. The lowest BCUT2D eigenvalue weighted by molar-refractivity contribution is 0.0324. The van der Waals surface area contributed by atoms with E-state index in [0.717, 1.165) is 24.3 Å². The molecule has 1 aliphatic rings. The van der Waals surface area contributed by atoms with Crippen LogP contribution in [0.3, 0.4) is 0 Å². The van der Waals surface area contributed by atoms with Crippen LogP contribution in [0.1, 0.15) is 19.8 Å². The van der Waals surface area contributed by atoms with Gasteiger partial charge >= 0.3 is 0 Å². The minimum Gasteiger partial charge on any atom is -0.497 e. The van der Waals surface area contributed by atoms with E-state index in [4.69, 9.17) is 9.47 Å². The number of ether oxygens (including phenoxy) is 2. The fourth-order valence-electron chi connectivity index (χ4n) is 2.31. The Morgan fingerprint density at radius 2 is 2.33 bits per heavy atom. The minimum atomic E-state index is -0.0675. The van der Waals surface area contributed by atoms with Crippen molar-refractivity contribution in [3.63, 3.8) is 0 Å². The first-order chi connectivity index (χ1) is 8.72. The highest BCUT2D eigenvalue weighted by Crippen LogP contribution is 2.25. The van der Waals surface area contributed by atoms with E-state index in [2.05, 4.69) is 12.2 Å². The Morgan fingerprint density at radius 1 is 1.50 bits per heavy atom. The van der Waals surface area contributed by atoms with Crippen molar-refractivity contribution in [1.82, 2.24) is 0 Å². The molecule has 1 saturated heterocycles. The predicted molar refractivity (Wildman–Crippen MR) is 71.1 cm³/mol. The van der Waals surface area contributed by atoms with Crippen LogP contribution in [0.2, 0.25) is 0 Å². The summed E-state index contributed by atoms with van der Waals surface area (Å²) in [6.45, 7) is 2.13. The zero-order chi connectivity index (χ0) is 13.0. The second-order valence-corrected chi connectivity index (χ2v) is 4.73. The topological polar surface area (TPSA) is 50.7 Å². The molecule has 0 spiro atoms. The molecule has 0 aliphatic carbocycles. The van der Waals surface area contributed by atoms with Crippen molar-refractivity contribution in [3.8, 4) is 5.75 Å². The summed E-state index contributed by atoms with van der Waals surface area (Å²) in [5.74, 6) is 0.803. The van der Waals surface area contributed by atoms with Crippen molar-refractivity contribution >= 4 is 5.69 Å². The number of rotatable bonds is 5. The van der Waals surface area contributed by atoms with Crippen LogP contribution in [0.4, 0.5) is 5.69 Å². The number of benzene rings is 1. The number of anilines is 1. The summed E-state index contributed by atoms with van der Waals surface area (Å²) in [4.78, 5) is 0. The molecule has 1 heterocycles. The monoisotopic (exact) mass is 251 g/mol. The van der Waals surface area contributed by atoms with E-state index in [-0.39, 0.29) is 24.9 Å². The first kappa shape index (κ1) is 13.2. The molecule has 0 radical (unpaired) electrons. The third kappa shape index (κ3) is 3.15. The molecule has 18 heavy (non-hydrogen) atoms. The summed E-state index contributed by atoms with van der Waals surface area (Å²) in [7, 11) is 1.64. The predicted octanol–water partition coefficient (Wildman–Crippen LogP) is 2.04. The van der Waals surface area contributed by atoms with Gasteiger partial charge in [-0.15, -0.1) is 0 Å². The molecular weight excluding hydrogens is 230 g/mol. The molecule has 0 amide bonds. The van der Waals surface area contributed by atoms with Crippen LogP contribution >= 0.6 is 0 Å². The van der Waals surface area contributed by atoms with Crippen molar-refractivity contribution in [2.24, 2.45) is 0 Å². The summed E-state index contributed by atoms with van der Waals surface area (Å²) in [6, 6.07) is 7.63. The summed E-state index contributed by atoms with van der Waals surface area (Å²) in [5.41, 5.74) is 0.941. The summed E-state index contributed by atoms with van der Waals surface area (Å²) >= 11 is 0. The van der Waals surface area contributed by atoms with Crippen LogP contribution in [0.25, 0.3) is 0 Å². The maximum Gasteiger partial charge on any atom is 0.120 e. The standard InChI is InChI=1S/C14H21NO3/c1-10-6-7-14(18-10)13(9-16)15-11-4-3-5-12(8-11)17-2/h3-5,8,10,13-16H,6-7,9H2,1-2H3. The van der Waals surface area contributed by atoms with Crippen LogP contribution in [0.15, 0.2) is 24.3 Å². The largest absolute Gasteiger partial charge is 0.497 e. The van der Waals surface area contributed by atoms with Gasteiger partial charge < -0.3 is 19.9 Å². The van der Waals surface area contributed by atoms with Gasteiger partial charge in [-0.25, -0.2) is 0 Å². The average Bonchev–Trinajstić information content (AvgIpc) is 2.82. The fourth-order valence-corrected chi connectivity index (χ4v) is 2.31. The van der Waals surface area contributed by atoms with E-state index in [1.54, 1.807) is 7.11 Å². The molecule has 2 N–H and O–H groups in total. The van der Waals surface area contributed by atoms with Gasteiger partial charge in [0, 0.05) is 11.8 Å². The molecule has 3 unspecified atom stereocenters. The average molecular weight is 251 g/mol. The van der Waals surface area contributed by atoms with Gasteiger partial charge in [0.15, 0.2) is 0 Å². The maximum atomic E-state index is 9.49. The molecule has 1 aromatic carbocycles. The Hall–Kier alpha value is -1.26. The summed E-state index contributed by atoms with van der Waals surface area (Å²) in [6.07, 6.45) is 2.41. The summed E-state index contributed by atoms with van der Waals surface area (Å²) in [5, 5.41) is 12.8. The molecule has 0 saturated carbocycles. The molecule has 1 aromatic rings. The van der Waals surface area contributed by atoms with Gasteiger partial charge in [0.1, 0.15) is 5.75 Å². The lowest BCUT2D eigenvalue weighted by atomic mass is 10.1. The Kier molecular flexibility index (Phi) is 4.44. The Bertz CT molecular complexity index is 383. The number of hydrogen-bond acceptors (Lipinski definition) is 4. The van der Waals surface area contributed by atoms with Crippen LogP contribution in [0, 0.1) is 0 Å². The third-order valence-electron chi connectivity index (χ3n) is 3.33. The van der Waals surface area contributed by atoms with Gasteiger partial charge in [-0.1, -0.05) is 6.07 Å². The van der Waals surface area contributed by atoms with Gasteiger partial charge in [0.25, 0.3) is 0 Å². The van der Waals surface area contributed by atoms with E-state index in [9.17, 15) is 5.11 Å². The van der Waals surface area contributed by atoms with Gasteiger partial charge in [0.05, 0.1) is 32.0 Å². The smallest absolute Gasteiger partial charge is 0.120 e. The zero-order valence-corrected chi connectivity index (χ0v) is 10.9. The second kappa shape index (κ2) is 6.07. The van der Waals surface area contributed by atoms with Crippen LogP contribution < -0.4 is 10.1 Å². The van der Waals surface area contributed by atoms with Crippen molar-refractivity contribution < 1.29 is 14.6 Å². The van der Waals surface area contributed by atoms with E-state index in [1.807, 2.05) is 24.3 Å². The van der Waals surface area contributed by atoms with Crippen LogP contribution in [0.5, 0.6) is 5.75 Å². The molecule has 4 heteroatoms. The lowest BCUT2D eigenvalue weighted by Gasteiger charge is -2.24. The number of methoxy groups -OCH3 is 1. The highest BCUT2D eigenvalue weighted by Gasteiger charge is 2.29. The van der Waals surface area contributed by atoms with Gasteiger partial charge in [-0.2, -0.15) is 0 Å². The zero-order valence-electron chi connectivity index (χ0n) is 10.9. The molecule has 0 aromatic heterocycles. The van der Waals surface area contributed by atoms with Crippen molar-refractivity contribution in [1.29, 1.82) is 0 Å². The molecule has 4 nitrogen and oxygen atoms in total. The molecular formula is C14H21NO3. The van der Waals surface area contributed by atoms with Gasteiger partial charge in [-0.3, -0.25) is 0 Å². The number of aliphatic hydroxyl groups excluding tert-OH is 1. The first-order valence-corrected chi connectivity index (χ1v) is 6.40. The fraction of sp³-hybridized carbons (Fsp3) is 0.571. The highest BCUT2D eigenvalue weighted by molar-refractivity contribution is 5.49. The number of nitrogens with one attached hydrogen (secondary N) is 1. The van der Waals surface area contributed by atoms with Crippen LogP contribution in [-0.4, -0.2) is 37.1 Å². The normalized spacial score (nSPS) is 24.8. The summed E-state index contributed by atoms with van der Waals surface area (Å²) < 4.78 is 11.0. The molecule has 2 rings (SSSR count). The third-order valence-corrected chi connectivity index (χ3v) is 3.33. The quantitative estimate of drug-likeness (QED) is 0.841. The maximum absolute atomic E-state index is 9.49. The van der Waals surface area contributed by atoms with Crippen LogP contribution in [-0.2, 0) is 4.74 Å². The van der Waals surface area contributed by atoms with E-state index >= 15 is 0 Å². The van der Waals surface area contributed by atoms with E-state index in [0.29, 0.717) is 0 Å². The van der Waals surface area contributed by atoms with E-state index in [1.165, 1.54) is 0 Å². The minimum absolute atomic E-state index is 0.0641. The highest BCUT2D eigenvalue weighted by atomic mass is 16.5. The Balaban J connectivity index is 2.01. The molecule has 3 atom stereocenters. The Labute approximate surface area is 108 Å². The van der Waals surface area contributed by atoms with E-state index < -0.39 is 0 Å². The number of hydrogen-bond donors (Lipinski definition) is 2. The second-order valence-electron chi connectivity index (χ2n) is 4.73. The van der Waals surface area contributed by atoms with Crippen molar-refractivity contribution in [2.75, 3.05) is 19.0 Å². The molecule has 1 fully saturated rings. The molecule has 100 valence electrons. The molecule has 1 aliphatic heterocycles. The Morgan fingerprint density at radius 3 is 2.94 bits per heavy atom. The SMILES string of the molecule is COc1cccc(NC(CO)C2CCC(C)O2)c1.